The zero-order valence-electron chi connectivity index (χ0n) is 31.6. The van der Waals surface area contributed by atoms with E-state index < -0.39 is 70.3 Å². The molecule has 4 saturated carbocycles. The first-order valence-electron chi connectivity index (χ1n) is 20.3. The SMILES string of the molecule is C[C@@H]1[C@H]([C@@H](O)[C@](C)(O)[C@@H]2CC[C@]3(O)[C@H]4C(=NC[C@H](C)O)C(=O)[C@@H]5C[C@@H](O)[C@@H](O)C[C@@]56C[C@@H](C5CCC(N)[NH2+]C5)C=C[C@@H](C[C@]23CCO)[C@@H]46)OC[C@@H]1C. The van der Waals surface area contributed by atoms with Crippen LogP contribution in [0.3, 0.4) is 0 Å². The van der Waals surface area contributed by atoms with E-state index in [4.69, 9.17) is 15.5 Å². The number of nitrogens with zero attached hydrogens (tertiary/aromatic N) is 1. The molecule has 0 aromatic carbocycles. The first kappa shape index (κ1) is 38.9. The third kappa shape index (κ3) is 5.84. The van der Waals surface area contributed by atoms with Gasteiger partial charge in [-0.1, -0.05) is 26.0 Å². The molecule has 5 aliphatic carbocycles. The standard InChI is InChI=1S/C40H65N3O9/c1-20-19-52-35(22(20)3)36(49)37(4,50)29-9-10-40(51)32-31-24(15-39(29,40)11-12-44)6-5-23(25-7-8-30(41)42-18-25)14-38(31)16-28(47)27(46)13-26(38)34(48)33(32)43-17-21(2)45/h5-6,20-32,35-36,42,44-47,49-51H,7-19,41H2,1-4H3/p+1/t20-,21-,22-,23-,24-,25?,26-,27+,28-,29-,30?,31-,32+,35+,36+,37+,38-,39+,40-/m0/s1. The number of allylic oxidation sites excluding steroid dienone is 2. The minimum absolute atomic E-state index is 0.000333. The Hall–Kier alpha value is -1.32. The lowest BCUT2D eigenvalue weighted by Gasteiger charge is -2.67. The van der Waals surface area contributed by atoms with Crippen LogP contribution in [-0.2, 0) is 9.53 Å². The fraction of sp³-hybridized carbons (Fsp3) is 0.900. The van der Waals surface area contributed by atoms with Crippen LogP contribution in [0.15, 0.2) is 17.1 Å². The Labute approximate surface area is 308 Å². The Balaban J connectivity index is 1.40. The molecule has 0 amide bonds. The number of Topliss-reactive ketones (excluding diaryl/α,β-unsaturated/α-hetero) is 1. The van der Waals surface area contributed by atoms with E-state index in [1.54, 1.807) is 13.8 Å². The van der Waals surface area contributed by atoms with Crippen molar-refractivity contribution in [2.24, 2.45) is 74.8 Å². The van der Waals surface area contributed by atoms with Crippen LogP contribution in [-0.4, -0.2) is 121 Å². The maximum absolute atomic E-state index is 15.1. The van der Waals surface area contributed by atoms with Gasteiger partial charge in [0, 0.05) is 42.8 Å². The third-order valence-electron chi connectivity index (χ3n) is 16.1. The van der Waals surface area contributed by atoms with Crippen LogP contribution in [0, 0.1) is 64.1 Å². The van der Waals surface area contributed by atoms with E-state index in [0.717, 1.165) is 19.4 Å². The van der Waals surface area contributed by atoms with Gasteiger partial charge in [-0.15, -0.1) is 0 Å². The lowest BCUT2D eigenvalue weighted by molar-refractivity contribution is -0.703. The molecule has 12 heteroatoms. The minimum atomic E-state index is -1.70. The molecule has 2 aliphatic heterocycles. The molecule has 7 rings (SSSR count). The molecule has 52 heavy (non-hydrogen) atoms. The monoisotopic (exact) mass is 732 g/mol. The summed E-state index contributed by atoms with van der Waals surface area (Å²) < 4.78 is 6.07. The van der Waals surface area contributed by atoms with Gasteiger partial charge in [0.05, 0.1) is 54.4 Å². The first-order valence-corrected chi connectivity index (χ1v) is 20.3. The number of aliphatic imine (C=N–C) groups is 1. The van der Waals surface area contributed by atoms with Gasteiger partial charge in [-0.2, -0.15) is 0 Å². The third-order valence-corrected chi connectivity index (χ3v) is 16.1. The summed E-state index contributed by atoms with van der Waals surface area (Å²) in [6.07, 6.45) is 3.69. The molecule has 1 spiro atoms. The maximum Gasteiger partial charge on any atom is 0.180 e. The second kappa shape index (κ2) is 14.0. The molecule has 19 atom stereocenters. The van der Waals surface area contributed by atoms with E-state index in [1.807, 2.05) is 6.92 Å². The molecular weight excluding hydrogens is 666 g/mol. The predicted molar refractivity (Wildman–Crippen MR) is 192 cm³/mol. The van der Waals surface area contributed by atoms with Crippen LogP contribution in [0.4, 0.5) is 0 Å². The van der Waals surface area contributed by atoms with Crippen LogP contribution in [0.2, 0.25) is 0 Å². The Morgan fingerprint density at radius 3 is 2.46 bits per heavy atom. The van der Waals surface area contributed by atoms with Gasteiger partial charge in [-0.05, 0) is 106 Å². The van der Waals surface area contributed by atoms with E-state index in [1.165, 1.54) is 0 Å². The maximum atomic E-state index is 15.1. The number of carbonyl (C=O) groups excluding carboxylic acids is 1. The number of carbonyl (C=O) groups is 1. The Morgan fingerprint density at radius 2 is 1.83 bits per heavy atom. The Bertz CT molecular complexity index is 1400. The van der Waals surface area contributed by atoms with Gasteiger partial charge in [0.25, 0.3) is 0 Å². The van der Waals surface area contributed by atoms with E-state index >= 15 is 4.79 Å². The number of rotatable bonds is 8. The van der Waals surface area contributed by atoms with Crippen molar-refractivity contribution in [3.63, 3.8) is 0 Å². The number of quaternary nitrogens is 1. The fourth-order valence-corrected chi connectivity index (χ4v) is 13.4. The fourth-order valence-electron chi connectivity index (χ4n) is 13.4. The van der Waals surface area contributed by atoms with Gasteiger partial charge >= 0.3 is 0 Å². The normalized spacial score (nSPS) is 52.0. The molecular formula is C40H66N3O9+. The summed E-state index contributed by atoms with van der Waals surface area (Å²) in [5.74, 6) is -2.30. The smallest absolute Gasteiger partial charge is 0.180 e. The van der Waals surface area contributed by atoms with Gasteiger partial charge in [-0.25, -0.2) is 0 Å². The highest BCUT2D eigenvalue weighted by molar-refractivity contribution is 6.42. The van der Waals surface area contributed by atoms with Gasteiger partial charge < -0.3 is 45.8 Å². The number of hydrogen-bond acceptors (Lipinski definition) is 11. The highest BCUT2D eigenvalue weighted by Gasteiger charge is 2.77. The predicted octanol–water partition coefficient (Wildman–Crippen LogP) is -0.111. The zero-order chi connectivity index (χ0) is 37.5. The number of aliphatic hydroxyl groups is 7. The molecule has 12 nitrogen and oxygen atoms in total. The lowest BCUT2D eigenvalue weighted by Crippen LogP contribution is -2.95. The highest BCUT2D eigenvalue weighted by Crippen LogP contribution is 2.73. The van der Waals surface area contributed by atoms with Gasteiger partial charge in [0.2, 0.25) is 0 Å². The van der Waals surface area contributed by atoms with Crippen molar-refractivity contribution in [1.82, 2.24) is 0 Å². The molecule has 2 heterocycles. The van der Waals surface area contributed by atoms with E-state index in [9.17, 15) is 35.7 Å². The van der Waals surface area contributed by atoms with Crippen molar-refractivity contribution in [2.45, 2.75) is 133 Å². The number of aliphatic hydroxyl groups excluding tert-OH is 5. The van der Waals surface area contributed by atoms with E-state index in [0.29, 0.717) is 31.8 Å². The van der Waals surface area contributed by atoms with Crippen LogP contribution in [0.1, 0.15) is 85.5 Å². The van der Waals surface area contributed by atoms with Crippen molar-refractivity contribution in [3.05, 3.63) is 12.2 Å². The van der Waals surface area contributed by atoms with Crippen molar-refractivity contribution >= 4 is 11.5 Å². The van der Waals surface area contributed by atoms with Gasteiger partial charge in [0.1, 0.15) is 12.3 Å². The second-order valence-corrected chi connectivity index (χ2v) is 18.8. The number of hydrogen-bond donors (Lipinski definition) is 9. The average molecular weight is 733 g/mol. The molecule has 0 aromatic heterocycles. The highest BCUT2D eigenvalue weighted by atomic mass is 16.5. The van der Waals surface area contributed by atoms with Crippen molar-refractivity contribution in [2.75, 3.05) is 26.3 Å². The molecule has 7 aliphatic rings. The topological polar surface area (TPSA) is 223 Å². The molecule has 6 fully saturated rings. The number of fused-ring (bicyclic) bond motifs is 2. The Kier molecular flexibility index (Phi) is 10.5. The van der Waals surface area contributed by atoms with E-state index in [2.05, 4.69) is 24.4 Å². The molecule has 11 N–H and O–H groups in total. The summed E-state index contributed by atoms with van der Waals surface area (Å²) in [6, 6.07) is 0. The molecule has 0 radical (unpaired) electrons. The average Bonchev–Trinajstić information content (AvgIpc) is 3.53. The van der Waals surface area contributed by atoms with Crippen molar-refractivity contribution in [1.29, 1.82) is 0 Å². The molecule has 0 aromatic rings. The van der Waals surface area contributed by atoms with Gasteiger partial charge in [0.15, 0.2) is 5.78 Å². The second-order valence-electron chi connectivity index (χ2n) is 18.8. The van der Waals surface area contributed by atoms with Crippen LogP contribution < -0.4 is 11.1 Å². The number of ketones is 1. The lowest BCUT2D eigenvalue weighted by atomic mass is 9.38. The Morgan fingerprint density at radius 1 is 1.10 bits per heavy atom. The largest absolute Gasteiger partial charge is 0.396 e. The van der Waals surface area contributed by atoms with Gasteiger partial charge in [-0.3, -0.25) is 15.5 Å². The zero-order valence-corrected chi connectivity index (χ0v) is 31.6. The van der Waals surface area contributed by atoms with Crippen molar-refractivity contribution < 1.29 is 50.6 Å². The van der Waals surface area contributed by atoms with Crippen LogP contribution in [0.25, 0.3) is 0 Å². The summed E-state index contributed by atoms with van der Waals surface area (Å²) in [5.41, 5.74) is 1.32. The minimum Gasteiger partial charge on any atom is -0.396 e. The first-order chi connectivity index (χ1) is 24.5. The van der Waals surface area contributed by atoms with E-state index in [-0.39, 0.29) is 86.1 Å². The number of nitrogens with two attached hydrogens (primary N) is 2. The molecule has 2 unspecified atom stereocenters. The summed E-state index contributed by atoms with van der Waals surface area (Å²) in [6.45, 7) is 8.37. The molecule has 0 bridgehead atoms. The number of ether oxygens (including phenoxy) is 1. The molecule has 2 saturated heterocycles. The van der Waals surface area contributed by atoms with Crippen molar-refractivity contribution in [3.8, 4) is 0 Å². The quantitative estimate of drug-likeness (QED) is 0.151. The summed E-state index contributed by atoms with van der Waals surface area (Å²) in [4.78, 5) is 19.9. The summed E-state index contributed by atoms with van der Waals surface area (Å²) in [5, 5.41) is 84.2. The van der Waals surface area contributed by atoms with Crippen LogP contribution in [0.5, 0.6) is 0 Å². The van der Waals surface area contributed by atoms with Crippen LogP contribution >= 0.6 is 0 Å². The summed E-state index contributed by atoms with van der Waals surface area (Å²) in [7, 11) is 0. The molecule has 294 valence electrons. The number of piperidine rings is 1. The summed E-state index contributed by atoms with van der Waals surface area (Å²) >= 11 is 0.